The molecule has 84 valence electrons. The zero-order chi connectivity index (χ0) is 11.8. The Morgan fingerprint density at radius 2 is 1.94 bits per heavy atom. The molecule has 0 radical (unpaired) electrons. The SMILES string of the molecule is O/N=C(/c1c[nH]c2ccccc12)C(F)(F)F. The number of hydrogen-bond acceptors (Lipinski definition) is 2. The highest BCUT2D eigenvalue weighted by Crippen LogP contribution is 2.27. The zero-order valence-electron chi connectivity index (χ0n) is 7.92. The number of aromatic nitrogens is 1. The molecule has 2 rings (SSSR count). The fraction of sp³-hybridized carbons (Fsp3) is 0.100. The van der Waals surface area contributed by atoms with Gasteiger partial charge in [-0.3, -0.25) is 0 Å². The molecule has 0 aliphatic heterocycles. The topological polar surface area (TPSA) is 48.4 Å². The molecular weight excluding hydrogens is 221 g/mol. The zero-order valence-corrected chi connectivity index (χ0v) is 7.92. The van der Waals surface area contributed by atoms with Crippen molar-refractivity contribution in [2.75, 3.05) is 0 Å². The molecule has 0 fully saturated rings. The van der Waals surface area contributed by atoms with E-state index >= 15 is 0 Å². The van der Waals surface area contributed by atoms with Crippen molar-refractivity contribution < 1.29 is 18.4 Å². The molecule has 0 atom stereocenters. The second-order valence-corrected chi connectivity index (χ2v) is 3.19. The summed E-state index contributed by atoms with van der Waals surface area (Å²) >= 11 is 0. The molecule has 0 saturated carbocycles. The molecule has 0 bridgehead atoms. The molecule has 1 aromatic carbocycles. The van der Waals surface area contributed by atoms with Crippen LogP contribution in [0.3, 0.4) is 0 Å². The Hall–Kier alpha value is -1.98. The van der Waals surface area contributed by atoms with Crippen LogP contribution in [0, 0.1) is 0 Å². The maximum Gasteiger partial charge on any atom is 0.437 e. The van der Waals surface area contributed by atoms with Crippen molar-refractivity contribution in [1.29, 1.82) is 0 Å². The number of H-pyrrole nitrogens is 1. The number of rotatable bonds is 1. The first-order valence-corrected chi connectivity index (χ1v) is 4.40. The van der Waals surface area contributed by atoms with Gasteiger partial charge in [0.1, 0.15) is 0 Å². The summed E-state index contributed by atoms with van der Waals surface area (Å²) in [4.78, 5) is 2.68. The van der Waals surface area contributed by atoms with Gasteiger partial charge in [0, 0.05) is 22.7 Å². The molecule has 1 heterocycles. The number of para-hydroxylation sites is 1. The molecule has 0 spiro atoms. The highest BCUT2D eigenvalue weighted by Gasteiger charge is 2.38. The van der Waals surface area contributed by atoms with Crippen LogP contribution in [0.1, 0.15) is 5.56 Å². The van der Waals surface area contributed by atoms with Crippen molar-refractivity contribution in [2.45, 2.75) is 6.18 Å². The molecule has 2 N–H and O–H groups in total. The van der Waals surface area contributed by atoms with E-state index in [0.717, 1.165) is 0 Å². The molecule has 1 aromatic heterocycles. The molecule has 3 nitrogen and oxygen atoms in total. The predicted octanol–water partition coefficient (Wildman–Crippen LogP) is 2.91. The monoisotopic (exact) mass is 228 g/mol. The van der Waals surface area contributed by atoms with Gasteiger partial charge >= 0.3 is 6.18 Å². The standard InChI is InChI=1S/C10H7F3N2O/c11-10(12,13)9(15-16)7-5-14-8-4-2-1-3-6(7)8/h1-5,14,16H/b15-9-. The molecule has 2 aromatic rings. The molecule has 0 unspecified atom stereocenters. The average molecular weight is 228 g/mol. The molecular formula is C10H7F3N2O. The van der Waals surface area contributed by atoms with Gasteiger partial charge in [0.15, 0.2) is 5.71 Å². The summed E-state index contributed by atoms with van der Waals surface area (Å²) in [6.45, 7) is 0. The number of halogens is 3. The molecule has 0 amide bonds. The smallest absolute Gasteiger partial charge is 0.410 e. The molecule has 6 heteroatoms. The van der Waals surface area contributed by atoms with Crippen LogP contribution in [-0.4, -0.2) is 22.1 Å². The number of oxime groups is 1. The number of hydrogen-bond donors (Lipinski definition) is 2. The van der Waals surface area contributed by atoms with Gasteiger partial charge in [-0.15, -0.1) is 0 Å². The van der Waals surface area contributed by atoms with Gasteiger partial charge in [-0.1, -0.05) is 23.4 Å². The minimum Gasteiger partial charge on any atom is -0.410 e. The Kier molecular flexibility index (Phi) is 2.34. The van der Waals surface area contributed by atoms with Crippen LogP contribution in [0.5, 0.6) is 0 Å². The summed E-state index contributed by atoms with van der Waals surface area (Å²) in [5.41, 5.74) is -0.904. The predicted molar refractivity (Wildman–Crippen MR) is 52.7 cm³/mol. The fourth-order valence-corrected chi connectivity index (χ4v) is 1.53. The van der Waals surface area contributed by atoms with E-state index < -0.39 is 11.9 Å². The first-order valence-electron chi connectivity index (χ1n) is 4.40. The lowest BCUT2D eigenvalue weighted by molar-refractivity contribution is -0.0600. The Morgan fingerprint density at radius 3 is 2.56 bits per heavy atom. The van der Waals surface area contributed by atoms with Crippen molar-refractivity contribution in [1.82, 2.24) is 4.98 Å². The van der Waals surface area contributed by atoms with Gasteiger partial charge in [-0.05, 0) is 6.07 Å². The molecule has 0 saturated heterocycles. The highest BCUT2D eigenvalue weighted by atomic mass is 19.4. The Labute approximate surface area is 88.2 Å². The maximum absolute atomic E-state index is 12.5. The normalized spacial score (nSPS) is 13.3. The minimum atomic E-state index is -4.68. The largest absolute Gasteiger partial charge is 0.437 e. The summed E-state index contributed by atoms with van der Waals surface area (Å²) in [7, 11) is 0. The van der Waals surface area contributed by atoms with E-state index in [1.807, 2.05) is 0 Å². The van der Waals surface area contributed by atoms with Crippen LogP contribution < -0.4 is 0 Å². The van der Waals surface area contributed by atoms with Gasteiger partial charge in [0.25, 0.3) is 0 Å². The Balaban J connectivity index is 2.64. The number of nitrogens with zero attached hydrogens (tertiary/aromatic N) is 1. The minimum absolute atomic E-state index is 0.161. The van der Waals surface area contributed by atoms with Gasteiger partial charge in [0.2, 0.25) is 0 Å². The first-order chi connectivity index (χ1) is 7.54. The summed E-state index contributed by atoms with van der Waals surface area (Å²) < 4.78 is 37.5. The van der Waals surface area contributed by atoms with E-state index in [1.165, 1.54) is 12.3 Å². The number of alkyl halides is 3. The molecule has 0 aliphatic carbocycles. The van der Waals surface area contributed by atoms with Gasteiger partial charge in [-0.25, -0.2) is 0 Å². The van der Waals surface area contributed by atoms with Gasteiger partial charge in [0.05, 0.1) is 0 Å². The maximum atomic E-state index is 12.5. The third-order valence-electron chi connectivity index (χ3n) is 2.21. The van der Waals surface area contributed by atoms with Crippen LogP contribution in [0.25, 0.3) is 10.9 Å². The van der Waals surface area contributed by atoms with Crippen LogP contribution in [0.2, 0.25) is 0 Å². The summed E-state index contributed by atoms with van der Waals surface area (Å²) in [5, 5.41) is 11.1. The van der Waals surface area contributed by atoms with Crippen LogP contribution in [0.15, 0.2) is 35.6 Å². The molecule has 16 heavy (non-hydrogen) atoms. The van der Waals surface area contributed by atoms with E-state index in [-0.39, 0.29) is 5.56 Å². The quantitative estimate of drug-likeness (QED) is 0.440. The van der Waals surface area contributed by atoms with Crippen LogP contribution in [0.4, 0.5) is 13.2 Å². The lowest BCUT2D eigenvalue weighted by Gasteiger charge is -2.06. The summed E-state index contributed by atoms with van der Waals surface area (Å²) in [6, 6.07) is 6.49. The van der Waals surface area contributed by atoms with E-state index in [4.69, 9.17) is 5.21 Å². The Bertz CT molecular complexity index is 542. The van der Waals surface area contributed by atoms with Crippen molar-refractivity contribution >= 4 is 16.6 Å². The number of fused-ring (bicyclic) bond motifs is 1. The first kappa shape index (κ1) is 10.5. The van der Waals surface area contributed by atoms with E-state index in [2.05, 4.69) is 10.1 Å². The molecule has 0 aliphatic rings. The van der Waals surface area contributed by atoms with Gasteiger partial charge < -0.3 is 10.2 Å². The van der Waals surface area contributed by atoms with Crippen LogP contribution >= 0.6 is 0 Å². The number of benzene rings is 1. The van der Waals surface area contributed by atoms with E-state index in [9.17, 15) is 13.2 Å². The van der Waals surface area contributed by atoms with Crippen LogP contribution in [-0.2, 0) is 0 Å². The van der Waals surface area contributed by atoms with Crippen molar-refractivity contribution in [3.05, 3.63) is 36.0 Å². The average Bonchev–Trinajstić information content (AvgIpc) is 2.61. The van der Waals surface area contributed by atoms with E-state index in [0.29, 0.717) is 10.9 Å². The summed E-state index contributed by atoms with van der Waals surface area (Å²) in [5.74, 6) is 0. The lowest BCUT2D eigenvalue weighted by Crippen LogP contribution is -2.23. The fourth-order valence-electron chi connectivity index (χ4n) is 1.53. The number of aromatic amines is 1. The van der Waals surface area contributed by atoms with Crippen molar-refractivity contribution in [2.24, 2.45) is 5.16 Å². The van der Waals surface area contributed by atoms with Crippen molar-refractivity contribution in [3.63, 3.8) is 0 Å². The lowest BCUT2D eigenvalue weighted by atomic mass is 10.1. The second kappa shape index (κ2) is 3.55. The Morgan fingerprint density at radius 1 is 1.25 bits per heavy atom. The number of nitrogens with one attached hydrogen (secondary N) is 1. The third-order valence-corrected chi connectivity index (χ3v) is 2.21. The summed E-state index contributed by atoms with van der Waals surface area (Å²) in [6.07, 6.45) is -3.51. The highest BCUT2D eigenvalue weighted by molar-refractivity contribution is 6.13. The third kappa shape index (κ3) is 1.62. The van der Waals surface area contributed by atoms with E-state index in [1.54, 1.807) is 18.2 Å². The second-order valence-electron chi connectivity index (χ2n) is 3.19. The van der Waals surface area contributed by atoms with Gasteiger partial charge in [-0.2, -0.15) is 13.2 Å². The van der Waals surface area contributed by atoms with Crippen molar-refractivity contribution in [3.8, 4) is 0 Å².